The fourth-order valence-corrected chi connectivity index (χ4v) is 4.00. The largest absolute Gasteiger partial charge is 0.375 e. The zero-order chi connectivity index (χ0) is 20.9. The lowest BCUT2D eigenvalue weighted by molar-refractivity contribution is -0.190. The number of Topliss-reactive ketones (excluding diaryl/α,β-unsaturated/α-hetero) is 1. The maximum atomic E-state index is 12.6. The Morgan fingerprint density at radius 1 is 1.10 bits per heavy atom. The number of ketones is 1. The molecule has 0 unspecified atom stereocenters. The SMILES string of the molecule is Cc1ccc(C(=O)C#CC2(COCc3c#cccc3)CCC3(CC2)OCCO3)cc1. The third-order valence-electron chi connectivity index (χ3n) is 5.88. The molecule has 1 saturated heterocycles. The van der Waals surface area contributed by atoms with Gasteiger partial charge in [0.25, 0.3) is 0 Å². The molecule has 1 heterocycles. The van der Waals surface area contributed by atoms with E-state index in [9.17, 15) is 4.79 Å². The van der Waals surface area contributed by atoms with Gasteiger partial charge in [0.2, 0.25) is 5.78 Å². The number of hydrogen-bond acceptors (Lipinski definition) is 4. The first-order valence-corrected chi connectivity index (χ1v) is 10.5. The molecule has 1 spiro atoms. The van der Waals surface area contributed by atoms with Crippen LogP contribution in [0, 0.1) is 36.3 Å². The molecule has 2 aliphatic rings. The minimum Gasteiger partial charge on any atom is -0.375 e. The summed E-state index contributed by atoms with van der Waals surface area (Å²) in [6, 6.07) is 19.2. The van der Waals surface area contributed by atoms with Crippen LogP contribution in [0.4, 0.5) is 0 Å². The fraction of sp³-hybridized carbons (Fsp3) is 0.423. The van der Waals surface area contributed by atoms with Crippen LogP contribution in [0.15, 0.2) is 42.5 Å². The van der Waals surface area contributed by atoms with Crippen LogP contribution in [0.2, 0.25) is 0 Å². The third-order valence-corrected chi connectivity index (χ3v) is 5.88. The highest BCUT2D eigenvalue weighted by Gasteiger charge is 2.46. The highest BCUT2D eigenvalue weighted by atomic mass is 16.7. The minimum atomic E-state index is -0.478. The van der Waals surface area contributed by atoms with E-state index in [0.29, 0.717) is 32.0 Å². The Balaban J connectivity index is 1.47. The number of rotatable bonds is 5. The molecule has 1 aliphatic carbocycles. The van der Waals surface area contributed by atoms with Gasteiger partial charge >= 0.3 is 0 Å². The molecule has 154 valence electrons. The van der Waals surface area contributed by atoms with Crippen LogP contribution in [0.25, 0.3) is 0 Å². The number of carbonyl (C=O) groups excluding carboxylic acids is 1. The van der Waals surface area contributed by atoms with Crippen LogP contribution in [0.5, 0.6) is 0 Å². The summed E-state index contributed by atoms with van der Waals surface area (Å²) in [4.78, 5) is 12.6. The predicted molar refractivity (Wildman–Crippen MR) is 113 cm³/mol. The van der Waals surface area contributed by atoms with Gasteiger partial charge in [-0.3, -0.25) is 4.79 Å². The summed E-state index contributed by atoms with van der Waals surface area (Å²) in [7, 11) is 0. The highest BCUT2D eigenvalue weighted by Crippen LogP contribution is 2.44. The van der Waals surface area contributed by atoms with Crippen molar-refractivity contribution >= 4 is 5.78 Å². The summed E-state index contributed by atoms with van der Waals surface area (Å²) in [6.07, 6.45) is 3.06. The van der Waals surface area contributed by atoms with Gasteiger partial charge in [-0.15, -0.1) is 0 Å². The highest BCUT2D eigenvalue weighted by molar-refractivity contribution is 6.09. The first kappa shape index (κ1) is 20.6. The number of hydrogen-bond donors (Lipinski definition) is 0. The summed E-state index contributed by atoms with van der Waals surface area (Å²) in [5, 5.41) is 0. The van der Waals surface area contributed by atoms with Gasteiger partial charge in [0.05, 0.1) is 31.8 Å². The van der Waals surface area contributed by atoms with Gasteiger partial charge in [-0.2, -0.15) is 0 Å². The van der Waals surface area contributed by atoms with Crippen LogP contribution >= 0.6 is 0 Å². The zero-order valence-electron chi connectivity index (χ0n) is 17.3. The standard InChI is InChI=1S/C26H26O4/c1-21-7-9-23(10-8-21)24(27)11-12-25(20-28-19-22-5-3-2-4-6-22)13-15-26(16-14-25)29-17-18-30-26/h2-3,5,7-10H,13-20H2,1H3. The quantitative estimate of drug-likeness (QED) is 0.425. The number of carbonyl (C=O) groups is 1. The molecule has 30 heavy (non-hydrogen) atoms. The predicted octanol–water partition coefficient (Wildman–Crippen LogP) is 4.30. The van der Waals surface area contributed by atoms with Gasteiger partial charge in [0.15, 0.2) is 5.79 Å². The first-order chi connectivity index (χ1) is 14.6. The van der Waals surface area contributed by atoms with E-state index < -0.39 is 5.79 Å². The molecule has 1 aliphatic heterocycles. The van der Waals surface area contributed by atoms with E-state index in [0.717, 1.165) is 36.8 Å². The van der Waals surface area contributed by atoms with Crippen molar-refractivity contribution in [2.24, 2.45) is 5.41 Å². The van der Waals surface area contributed by atoms with Crippen molar-refractivity contribution in [3.8, 4) is 11.8 Å². The van der Waals surface area contributed by atoms with E-state index in [-0.39, 0.29) is 11.2 Å². The lowest BCUT2D eigenvalue weighted by atomic mass is 9.72. The Bertz CT molecular complexity index is 905. The molecule has 0 N–H and O–H groups in total. The number of aryl methyl sites for hydroxylation is 1. The Morgan fingerprint density at radius 3 is 2.50 bits per heavy atom. The van der Waals surface area contributed by atoms with Crippen LogP contribution in [-0.2, 0) is 20.8 Å². The molecule has 0 bridgehead atoms. The van der Waals surface area contributed by atoms with Crippen molar-refractivity contribution in [2.45, 2.75) is 45.0 Å². The molecular formula is C26H26O4. The smallest absolute Gasteiger partial charge is 0.235 e. The zero-order valence-corrected chi connectivity index (χ0v) is 17.3. The van der Waals surface area contributed by atoms with E-state index in [1.807, 2.05) is 49.4 Å². The van der Waals surface area contributed by atoms with Crippen LogP contribution in [0.1, 0.15) is 47.2 Å². The monoisotopic (exact) mass is 402 g/mol. The van der Waals surface area contributed by atoms with Crippen LogP contribution in [-0.4, -0.2) is 31.4 Å². The fourth-order valence-electron chi connectivity index (χ4n) is 4.00. The van der Waals surface area contributed by atoms with Crippen molar-refractivity contribution < 1.29 is 19.0 Å². The maximum Gasteiger partial charge on any atom is 0.235 e. The summed E-state index contributed by atoms with van der Waals surface area (Å²) in [6.45, 7) is 4.19. The molecule has 2 aromatic rings. The molecule has 2 fully saturated rings. The summed E-state index contributed by atoms with van der Waals surface area (Å²) < 4.78 is 17.8. The molecule has 4 nitrogen and oxygen atoms in total. The van der Waals surface area contributed by atoms with Crippen molar-refractivity contribution in [1.82, 2.24) is 0 Å². The Labute approximate surface area is 178 Å². The van der Waals surface area contributed by atoms with Gasteiger partial charge in [0.1, 0.15) is 0 Å². The van der Waals surface area contributed by atoms with E-state index in [2.05, 4.69) is 24.0 Å². The van der Waals surface area contributed by atoms with Crippen molar-refractivity contribution in [1.29, 1.82) is 0 Å². The lowest BCUT2D eigenvalue weighted by Gasteiger charge is -2.40. The van der Waals surface area contributed by atoms with E-state index in [4.69, 9.17) is 14.2 Å². The topological polar surface area (TPSA) is 44.8 Å². The summed E-state index contributed by atoms with van der Waals surface area (Å²) >= 11 is 0. The first-order valence-electron chi connectivity index (χ1n) is 10.5. The second kappa shape index (κ2) is 9.02. The average molecular weight is 402 g/mol. The Morgan fingerprint density at radius 2 is 1.83 bits per heavy atom. The number of ether oxygens (including phenoxy) is 3. The normalized spacial score (nSPS) is 19.0. The van der Waals surface area contributed by atoms with E-state index in [1.165, 1.54) is 0 Å². The molecular weight excluding hydrogens is 376 g/mol. The second-order valence-corrected chi connectivity index (χ2v) is 8.15. The molecule has 0 atom stereocenters. The van der Waals surface area contributed by atoms with Crippen molar-refractivity contribution in [2.75, 3.05) is 19.8 Å². The summed E-state index contributed by atoms with van der Waals surface area (Å²) in [5.74, 6) is 5.54. The van der Waals surface area contributed by atoms with Gasteiger partial charge in [-0.25, -0.2) is 0 Å². The molecule has 2 aromatic carbocycles. The average Bonchev–Trinajstić information content (AvgIpc) is 3.24. The van der Waals surface area contributed by atoms with Crippen molar-refractivity contribution in [3.63, 3.8) is 0 Å². The summed E-state index contributed by atoms with van der Waals surface area (Å²) in [5.41, 5.74) is 2.30. The molecule has 4 rings (SSSR count). The van der Waals surface area contributed by atoms with E-state index >= 15 is 0 Å². The second-order valence-electron chi connectivity index (χ2n) is 8.15. The Kier molecular flexibility index (Phi) is 6.21. The molecule has 0 aromatic heterocycles. The van der Waals surface area contributed by atoms with Crippen LogP contribution < -0.4 is 0 Å². The van der Waals surface area contributed by atoms with E-state index in [1.54, 1.807) is 0 Å². The van der Waals surface area contributed by atoms with Crippen molar-refractivity contribution in [3.05, 3.63) is 71.3 Å². The van der Waals surface area contributed by atoms with Gasteiger partial charge in [-0.05, 0) is 37.8 Å². The molecule has 0 radical (unpaired) electrons. The maximum absolute atomic E-state index is 12.6. The molecule has 4 heteroatoms. The van der Waals surface area contributed by atoms with Gasteiger partial charge in [0, 0.05) is 24.0 Å². The van der Waals surface area contributed by atoms with Gasteiger partial charge in [-0.1, -0.05) is 53.9 Å². The molecule has 0 amide bonds. The van der Waals surface area contributed by atoms with Gasteiger partial charge < -0.3 is 14.2 Å². The number of benzene rings is 1. The Hall–Kier alpha value is -2.63. The minimum absolute atomic E-state index is 0.158. The molecule has 1 saturated carbocycles. The lowest BCUT2D eigenvalue weighted by Crippen LogP contribution is -2.41. The van der Waals surface area contributed by atoms with Crippen LogP contribution in [0.3, 0.4) is 0 Å². The third kappa shape index (κ3) is 4.91.